The van der Waals surface area contributed by atoms with Crippen molar-refractivity contribution in [1.29, 1.82) is 0 Å². The van der Waals surface area contributed by atoms with E-state index < -0.39 is 11.7 Å². The van der Waals surface area contributed by atoms with E-state index in [1.807, 2.05) is 52.0 Å². The Morgan fingerprint density at radius 1 is 1.26 bits per heavy atom. The van der Waals surface area contributed by atoms with Gasteiger partial charge in [0, 0.05) is 19.1 Å². The molecule has 0 aliphatic carbocycles. The van der Waals surface area contributed by atoms with Crippen molar-refractivity contribution in [2.75, 3.05) is 24.6 Å². The van der Waals surface area contributed by atoms with Gasteiger partial charge in [0.2, 0.25) is 0 Å². The summed E-state index contributed by atoms with van der Waals surface area (Å²) in [6.07, 6.45) is 1.60. The molecule has 1 aliphatic heterocycles. The molecule has 0 unspecified atom stereocenters. The van der Waals surface area contributed by atoms with E-state index in [1.165, 1.54) is 0 Å². The molecule has 1 atom stereocenters. The number of hydrogen-bond donors (Lipinski definition) is 1. The molecule has 1 aromatic heterocycles. The Hall–Kier alpha value is -2.57. The number of ether oxygens (including phenoxy) is 2. The van der Waals surface area contributed by atoms with Gasteiger partial charge in [0.15, 0.2) is 5.82 Å². The SMILES string of the molecule is CCOc1nc2ccccc2nc1N1CCC[C@@H]1CNC(=O)OC(C)(C)C. The van der Waals surface area contributed by atoms with Gasteiger partial charge in [0.1, 0.15) is 5.60 Å². The first-order valence-corrected chi connectivity index (χ1v) is 9.50. The standard InChI is InChI=1S/C20H28N4O3/c1-5-26-18-17(22-15-10-6-7-11-16(15)23-18)24-12-8-9-14(24)13-21-19(25)27-20(2,3)4/h6-7,10-11,14H,5,8-9,12-13H2,1-4H3,(H,21,25)/t14-/m1/s1. The second kappa shape index (κ2) is 7.98. The first kappa shape index (κ1) is 19.2. The minimum Gasteiger partial charge on any atom is -0.475 e. The summed E-state index contributed by atoms with van der Waals surface area (Å²) in [4.78, 5) is 23.6. The fourth-order valence-corrected chi connectivity index (χ4v) is 3.24. The van der Waals surface area contributed by atoms with Crippen molar-refractivity contribution in [2.45, 2.75) is 52.2 Å². The van der Waals surface area contributed by atoms with Crippen LogP contribution in [0.15, 0.2) is 24.3 Å². The number of alkyl carbamates (subject to hydrolysis) is 1. The van der Waals surface area contributed by atoms with Crippen LogP contribution in [-0.2, 0) is 4.74 Å². The summed E-state index contributed by atoms with van der Waals surface area (Å²) >= 11 is 0. The van der Waals surface area contributed by atoms with Crippen LogP contribution in [0.5, 0.6) is 5.88 Å². The summed E-state index contributed by atoms with van der Waals surface area (Å²) in [5, 5.41) is 2.88. The van der Waals surface area contributed by atoms with Gasteiger partial charge in [-0.05, 0) is 52.7 Å². The van der Waals surface area contributed by atoms with E-state index in [0.29, 0.717) is 19.0 Å². The molecule has 2 heterocycles. The van der Waals surface area contributed by atoms with Gasteiger partial charge < -0.3 is 19.7 Å². The van der Waals surface area contributed by atoms with E-state index in [1.54, 1.807) is 0 Å². The van der Waals surface area contributed by atoms with E-state index in [9.17, 15) is 4.79 Å². The van der Waals surface area contributed by atoms with Crippen LogP contribution in [-0.4, -0.2) is 47.4 Å². The molecule has 2 aromatic rings. The Labute approximate surface area is 160 Å². The van der Waals surface area contributed by atoms with E-state index in [0.717, 1.165) is 36.2 Å². The molecule has 3 rings (SSSR count). The number of hydrogen-bond acceptors (Lipinski definition) is 6. The maximum absolute atomic E-state index is 12.0. The lowest BCUT2D eigenvalue weighted by molar-refractivity contribution is 0.0525. The van der Waals surface area contributed by atoms with Gasteiger partial charge in [0.05, 0.1) is 17.6 Å². The molecule has 0 spiro atoms. The number of carbonyl (C=O) groups excluding carboxylic acids is 1. The van der Waals surface area contributed by atoms with E-state index >= 15 is 0 Å². The fraction of sp³-hybridized carbons (Fsp3) is 0.550. The zero-order chi connectivity index (χ0) is 19.4. The molecule has 146 valence electrons. The number of aromatic nitrogens is 2. The Morgan fingerprint density at radius 2 is 1.96 bits per heavy atom. The number of rotatable bonds is 5. The molecule has 0 radical (unpaired) electrons. The molecule has 1 amide bonds. The molecule has 0 saturated carbocycles. The van der Waals surface area contributed by atoms with Crippen molar-refractivity contribution in [3.05, 3.63) is 24.3 Å². The molecule has 27 heavy (non-hydrogen) atoms. The quantitative estimate of drug-likeness (QED) is 0.865. The van der Waals surface area contributed by atoms with E-state index in [4.69, 9.17) is 14.5 Å². The van der Waals surface area contributed by atoms with Crippen molar-refractivity contribution in [3.8, 4) is 5.88 Å². The lowest BCUT2D eigenvalue weighted by Crippen LogP contribution is -2.42. The minimum atomic E-state index is -0.509. The maximum atomic E-state index is 12.0. The van der Waals surface area contributed by atoms with Gasteiger partial charge in [-0.25, -0.2) is 14.8 Å². The number of amides is 1. The average Bonchev–Trinajstić information content (AvgIpc) is 3.06. The molecule has 1 aliphatic rings. The molecule has 1 aromatic carbocycles. The van der Waals surface area contributed by atoms with Crippen LogP contribution in [0.4, 0.5) is 10.6 Å². The first-order valence-electron chi connectivity index (χ1n) is 9.50. The molecular formula is C20H28N4O3. The van der Waals surface area contributed by atoms with Crippen molar-refractivity contribution in [1.82, 2.24) is 15.3 Å². The third-order valence-corrected chi connectivity index (χ3v) is 4.33. The number of benzene rings is 1. The number of carbonyl (C=O) groups is 1. The van der Waals surface area contributed by atoms with Crippen molar-refractivity contribution >= 4 is 22.9 Å². The van der Waals surface area contributed by atoms with Gasteiger partial charge in [-0.2, -0.15) is 0 Å². The number of anilines is 1. The largest absolute Gasteiger partial charge is 0.475 e. The third kappa shape index (κ3) is 4.78. The van der Waals surface area contributed by atoms with Crippen LogP contribution in [0.1, 0.15) is 40.5 Å². The molecule has 1 N–H and O–H groups in total. The third-order valence-electron chi connectivity index (χ3n) is 4.33. The maximum Gasteiger partial charge on any atom is 0.407 e. The highest BCUT2D eigenvalue weighted by molar-refractivity contribution is 5.77. The summed E-state index contributed by atoms with van der Waals surface area (Å²) in [6.45, 7) is 9.37. The highest BCUT2D eigenvalue weighted by Crippen LogP contribution is 2.32. The van der Waals surface area contributed by atoms with Gasteiger partial charge in [-0.15, -0.1) is 0 Å². The highest BCUT2D eigenvalue weighted by Gasteiger charge is 2.30. The predicted octanol–water partition coefficient (Wildman–Crippen LogP) is 3.52. The van der Waals surface area contributed by atoms with E-state index in [-0.39, 0.29) is 6.04 Å². The highest BCUT2D eigenvalue weighted by atomic mass is 16.6. The number of fused-ring (bicyclic) bond motifs is 1. The normalized spacial score (nSPS) is 17.2. The molecule has 0 bridgehead atoms. The Morgan fingerprint density at radius 3 is 2.63 bits per heavy atom. The van der Waals surface area contributed by atoms with Crippen LogP contribution in [0.2, 0.25) is 0 Å². The minimum absolute atomic E-state index is 0.132. The topological polar surface area (TPSA) is 76.6 Å². The monoisotopic (exact) mass is 372 g/mol. The van der Waals surface area contributed by atoms with Crippen LogP contribution in [0.25, 0.3) is 11.0 Å². The predicted molar refractivity (Wildman–Crippen MR) is 105 cm³/mol. The summed E-state index contributed by atoms with van der Waals surface area (Å²) in [7, 11) is 0. The van der Waals surface area contributed by atoms with Crippen LogP contribution >= 0.6 is 0 Å². The smallest absolute Gasteiger partial charge is 0.407 e. The number of nitrogens with zero attached hydrogens (tertiary/aromatic N) is 3. The zero-order valence-corrected chi connectivity index (χ0v) is 16.5. The van der Waals surface area contributed by atoms with E-state index in [2.05, 4.69) is 15.2 Å². The fourth-order valence-electron chi connectivity index (χ4n) is 3.24. The van der Waals surface area contributed by atoms with Gasteiger partial charge >= 0.3 is 6.09 Å². The van der Waals surface area contributed by atoms with Gasteiger partial charge in [0.25, 0.3) is 5.88 Å². The van der Waals surface area contributed by atoms with Gasteiger partial charge in [-0.3, -0.25) is 0 Å². The van der Waals surface area contributed by atoms with Crippen molar-refractivity contribution in [2.24, 2.45) is 0 Å². The lowest BCUT2D eigenvalue weighted by atomic mass is 10.2. The summed E-state index contributed by atoms with van der Waals surface area (Å²) < 4.78 is 11.1. The van der Waals surface area contributed by atoms with Gasteiger partial charge in [-0.1, -0.05) is 12.1 Å². The van der Waals surface area contributed by atoms with Crippen LogP contribution in [0, 0.1) is 0 Å². The van der Waals surface area contributed by atoms with Crippen LogP contribution in [0.3, 0.4) is 0 Å². The lowest BCUT2D eigenvalue weighted by Gasteiger charge is -2.28. The number of para-hydroxylation sites is 2. The number of nitrogens with one attached hydrogen (secondary N) is 1. The summed E-state index contributed by atoms with van der Waals surface area (Å²) in [5.41, 5.74) is 1.14. The first-order chi connectivity index (χ1) is 12.9. The molecule has 7 nitrogen and oxygen atoms in total. The Balaban J connectivity index is 1.79. The molecular weight excluding hydrogens is 344 g/mol. The second-order valence-electron chi connectivity index (χ2n) is 7.65. The Bertz CT molecular complexity index is 803. The van der Waals surface area contributed by atoms with Crippen molar-refractivity contribution in [3.63, 3.8) is 0 Å². The summed E-state index contributed by atoms with van der Waals surface area (Å²) in [6, 6.07) is 7.90. The Kier molecular flexibility index (Phi) is 5.68. The average molecular weight is 372 g/mol. The van der Waals surface area contributed by atoms with Crippen LogP contribution < -0.4 is 15.0 Å². The molecule has 7 heteroatoms. The molecule has 1 saturated heterocycles. The zero-order valence-electron chi connectivity index (χ0n) is 16.5. The molecule has 1 fully saturated rings. The second-order valence-corrected chi connectivity index (χ2v) is 7.65. The van der Waals surface area contributed by atoms with Crippen molar-refractivity contribution < 1.29 is 14.3 Å². The summed E-state index contributed by atoms with van der Waals surface area (Å²) in [5.74, 6) is 1.28.